The van der Waals surface area contributed by atoms with E-state index in [4.69, 9.17) is 4.74 Å². The number of ether oxygens (including phenoxy) is 1. The molecule has 0 aromatic heterocycles. The first-order valence-electron chi connectivity index (χ1n) is 5.89. The van der Waals surface area contributed by atoms with Gasteiger partial charge in [0.25, 0.3) is 0 Å². The summed E-state index contributed by atoms with van der Waals surface area (Å²) in [5.74, 6) is -0.576. The predicted octanol–water partition coefficient (Wildman–Crippen LogP) is 4.45. The highest BCUT2D eigenvalue weighted by molar-refractivity contribution is 9.10. The molecule has 0 aliphatic heterocycles. The molecule has 104 valence electrons. The van der Waals surface area contributed by atoms with Crippen LogP contribution in [-0.4, -0.2) is 17.3 Å². The highest BCUT2D eigenvalue weighted by atomic mass is 79.9. The maximum Gasteiger partial charge on any atom is 0.340 e. The van der Waals surface area contributed by atoms with Gasteiger partial charge in [0, 0.05) is 9.37 Å². The topological polar surface area (TPSA) is 46.5 Å². The lowest BCUT2D eigenvalue weighted by Crippen LogP contribution is -2.05. The Morgan fingerprint density at radius 3 is 2.55 bits per heavy atom. The van der Waals surface area contributed by atoms with Crippen molar-refractivity contribution in [3.8, 4) is 5.75 Å². The zero-order chi connectivity index (χ0) is 14.5. The van der Waals surface area contributed by atoms with Gasteiger partial charge in [0.2, 0.25) is 0 Å². The number of carbonyl (C=O) groups is 1. The number of benzene rings is 2. The summed E-state index contributed by atoms with van der Waals surface area (Å²) in [6, 6.07) is 13.0. The minimum atomic E-state index is -0.972. The molecular formula is C15H13BrO3S. The van der Waals surface area contributed by atoms with Crippen LogP contribution in [-0.2, 0) is 6.61 Å². The van der Waals surface area contributed by atoms with Crippen LogP contribution in [0.25, 0.3) is 0 Å². The first kappa shape index (κ1) is 14.9. The lowest BCUT2D eigenvalue weighted by Gasteiger charge is -2.11. The van der Waals surface area contributed by atoms with Crippen molar-refractivity contribution in [3.05, 3.63) is 58.1 Å². The van der Waals surface area contributed by atoms with Crippen LogP contribution in [0.15, 0.2) is 51.8 Å². The average molecular weight is 353 g/mol. The number of hydrogen-bond donors (Lipinski definition) is 1. The number of aromatic carboxylic acids is 1. The van der Waals surface area contributed by atoms with Crippen molar-refractivity contribution < 1.29 is 14.6 Å². The van der Waals surface area contributed by atoms with E-state index < -0.39 is 5.97 Å². The predicted molar refractivity (Wildman–Crippen MR) is 83.7 cm³/mol. The van der Waals surface area contributed by atoms with Crippen LogP contribution in [0.1, 0.15) is 15.9 Å². The molecule has 0 aliphatic carbocycles. The molecule has 0 amide bonds. The second-order valence-electron chi connectivity index (χ2n) is 4.05. The Kier molecular flexibility index (Phi) is 5.09. The van der Waals surface area contributed by atoms with E-state index >= 15 is 0 Å². The van der Waals surface area contributed by atoms with Gasteiger partial charge in [0.1, 0.15) is 17.9 Å². The third-order valence-electron chi connectivity index (χ3n) is 2.73. The zero-order valence-electron chi connectivity index (χ0n) is 10.8. The van der Waals surface area contributed by atoms with Gasteiger partial charge in [-0.25, -0.2) is 4.79 Å². The van der Waals surface area contributed by atoms with E-state index in [2.05, 4.69) is 15.9 Å². The summed E-state index contributed by atoms with van der Waals surface area (Å²) in [6.07, 6.45) is 1.85. The molecule has 0 atom stereocenters. The lowest BCUT2D eigenvalue weighted by atomic mass is 10.2. The summed E-state index contributed by atoms with van der Waals surface area (Å²) < 4.78 is 6.65. The van der Waals surface area contributed by atoms with Crippen molar-refractivity contribution in [2.75, 3.05) is 6.26 Å². The van der Waals surface area contributed by atoms with Crippen LogP contribution in [0.2, 0.25) is 0 Å². The van der Waals surface area contributed by atoms with Crippen LogP contribution in [0, 0.1) is 0 Å². The SMILES string of the molecule is CSc1cccc(OCc2ccc(Br)cc2)c1C(=O)O. The number of carboxylic acid groups (broad SMARTS) is 1. The van der Waals surface area contributed by atoms with Crippen molar-refractivity contribution in [2.45, 2.75) is 11.5 Å². The summed E-state index contributed by atoms with van der Waals surface area (Å²) in [5, 5.41) is 9.31. The molecule has 2 rings (SSSR count). The quantitative estimate of drug-likeness (QED) is 0.807. The van der Waals surface area contributed by atoms with Gasteiger partial charge in [0.05, 0.1) is 0 Å². The lowest BCUT2D eigenvalue weighted by molar-refractivity contribution is 0.0687. The van der Waals surface area contributed by atoms with E-state index in [1.165, 1.54) is 11.8 Å². The standard InChI is InChI=1S/C15H13BrO3S/c1-20-13-4-2-3-12(14(13)15(17)18)19-9-10-5-7-11(16)8-6-10/h2-8H,9H2,1H3,(H,17,18). The molecule has 0 fully saturated rings. The van der Waals surface area contributed by atoms with Gasteiger partial charge in [-0.15, -0.1) is 11.8 Å². The molecule has 2 aromatic rings. The highest BCUT2D eigenvalue weighted by Crippen LogP contribution is 2.29. The number of rotatable bonds is 5. The zero-order valence-corrected chi connectivity index (χ0v) is 13.2. The van der Waals surface area contributed by atoms with E-state index in [9.17, 15) is 9.90 Å². The molecule has 0 aliphatic rings. The molecule has 0 unspecified atom stereocenters. The van der Waals surface area contributed by atoms with Crippen LogP contribution < -0.4 is 4.74 Å². The van der Waals surface area contributed by atoms with Gasteiger partial charge in [-0.3, -0.25) is 0 Å². The van der Waals surface area contributed by atoms with Gasteiger partial charge >= 0.3 is 5.97 Å². The number of thioether (sulfide) groups is 1. The Balaban J connectivity index is 2.21. The fourth-order valence-electron chi connectivity index (χ4n) is 1.75. The van der Waals surface area contributed by atoms with Crippen LogP contribution in [0.5, 0.6) is 5.75 Å². The van der Waals surface area contributed by atoms with E-state index in [1.807, 2.05) is 30.5 Å². The Labute approximate surface area is 130 Å². The molecular weight excluding hydrogens is 340 g/mol. The van der Waals surface area contributed by atoms with Crippen LogP contribution in [0.4, 0.5) is 0 Å². The second-order valence-corrected chi connectivity index (χ2v) is 5.82. The monoisotopic (exact) mass is 352 g/mol. The molecule has 0 saturated heterocycles. The smallest absolute Gasteiger partial charge is 0.340 e. The molecule has 3 nitrogen and oxygen atoms in total. The highest BCUT2D eigenvalue weighted by Gasteiger charge is 2.16. The third kappa shape index (κ3) is 3.55. The first-order chi connectivity index (χ1) is 9.61. The van der Waals surface area contributed by atoms with Crippen molar-refractivity contribution in [3.63, 3.8) is 0 Å². The van der Waals surface area contributed by atoms with Gasteiger partial charge in [-0.05, 0) is 36.1 Å². The van der Waals surface area contributed by atoms with Crippen LogP contribution in [0.3, 0.4) is 0 Å². The van der Waals surface area contributed by atoms with Gasteiger partial charge in [-0.1, -0.05) is 34.1 Å². The molecule has 1 N–H and O–H groups in total. The average Bonchev–Trinajstić information content (AvgIpc) is 2.46. The Morgan fingerprint density at radius 2 is 1.95 bits per heavy atom. The molecule has 5 heteroatoms. The molecule has 0 saturated carbocycles. The van der Waals surface area contributed by atoms with E-state index in [0.717, 1.165) is 10.0 Å². The Hall–Kier alpha value is -1.46. The molecule has 0 bridgehead atoms. The van der Waals surface area contributed by atoms with Crippen molar-refractivity contribution in [1.82, 2.24) is 0 Å². The summed E-state index contributed by atoms with van der Waals surface area (Å²) in [4.78, 5) is 12.1. The number of hydrogen-bond acceptors (Lipinski definition) is 3. The largest absolute Gasteiger partial charge is 0.488 e. The maximum atomic E-state index is 11.4. The molecule has 20 heavy (non-hydrogen) atoms. The summed E-state index contributed by atoms with van der Waals surface area (Å²) in [7, 11) is 0. The van der Waals surface area contributed by atoms with E-state index in [1.54, 1.807) is 18.2 Å². The fraction of sp³-hybridized carbons (Fsp3) is 0.133. The number of halogens is 1. The maximum absolute atomic E-state index is 11.4. The third-order valence-corrected chi connectivity index (χ3v) is 4.04. The van der Waals surface area contributed by atoms with Crippen LogP contribution >= 0.6 is 27.7 Å². The Morgan fingerprint density at radius 1 is 1.25 bits per heavy atom. The Bertz CT molecular complexity index is 611. The summed E-state index contributed by atoms with van der Waals surface area (Å²) in [5.41, 5.74) is 1.20. The van der Waals surface area contributed by atoms with Crippen molar-refractivity contribution in [1.29, 1.82) is 0 Å². The van der Waals surface area contributed by atoms with Crippen molar-refractivity contribution in [2.24, 2.45) is 0 Å². The minimum absolute atomic E-state index is 0.220. The van der Waals surface area contributed by atoms with E-state index in [-0.39, 0.29) is 5.56 Å². The van der Waals surface area contributed by atoms with Crippen molar-refractivity contribution >= 4 is 33.7 Å². The van der Waals surface area contributed by atoms with Gasteiger partial charge in [0.15, 0.2) is 0 Å². The second kappa shape index (κ2) is 6.81. The number of carboxylic acids is 1. The molecule has 0 spiro atoms. The minimum Gasteiger partial charge on any atom is -0.488 e. The summed E-state index contributed by atoms with van der Waals surface area (Å²) in [6.45, 7) is 0.339. The van der Waals surface area contributed by atoms with Gasteiger partial charge in [-0.2, -0.15) is 0 Å². The first-order valence-corrected chi connectivity index (χ1v) is 7.91. The molecule has 2 aromatic carbocycles. The fourth-order valence-corrected chi connectivity index (χ4v) is 2.62. The molecule has 0 heterocycles. The molecule has 0 radical (unpaired) electrons. The normalized spacial score (nSPS) is 10.3. The van der Waals surface area contributed by atoms with Gasteiger partial charge < -0.3 is 9.84 Å². The summed E-state index contributed by atoms with van der Waals surface area (Å²) >= 11 is 4.76. The van der Waals surface area contributed by atoms with E-state index in [0.29, 0.717) is 17.3 Å².